The molecule has 0 saturated heterocycles. The van der Waals surface area contributed by atoms with Crippen LogP contribution in [0.15, 0.2) is 48.5 Å². The maximum atomic E-state index is 14.1. The summed E-state index contributed by atoms with van der Waals surface area (Å²) in [4.78, 5) is 0. The average molecular weight is 294 g/mol. The zero-order valence-electron chi connectivity index (χ0n) is 11.4. The fourth-order valence-electron chi connectivity index (χ4n) is 2.33. The molecule has 0 heterocycles. The first-order valence-electron chi connectivity index (χ1n) is 6.37. The predicted molar refractivity (Wildman–Crippen MR) is 79.4 cm³/mol. The standard InChI is InChI=1S/C16H17ClFNO/c1-19-15(13-9-8-12(17)10-14(13)18)16(20-2)11-6-4-3-5-7-11/h3-10,15-16,19H,1-2H3. The minimum Gasteiger partial charge on any atom is -0.375 e. The minimum atomic E-state index is -0.338. The van der Waals surface area contributed by atoms with Gasteiger partial charge in [-0.15, -0.1) is 0 Å². The van der Waals surface area contributed by atoms with Crippen molar-refractivity contribution in [2.24, 2.45) is 0 Å². The Bertz CT molecular complexity index is 562. The van der Waals surface area contributed by atoms with Crippen molar-refractivity contribution < 1.29 is 9.13 Å². The third-order valence-corrected chi connectivity index (χ3v) is 3.53. The molecule has 0 aromatic heterocycles. The number of likely N-dealkylation sites (N-methyl/N-ethyl adjacent to an activating group) is 1. The van der Waals surface area contributed by atoms with Crippen molar-refractivity contribution in [3.05, 3.63) is 70.5 Å². The molecule has 20 heavy (non-hydrogen) atoms. The summed E-state index contributed by atoms with van der Waals surface area (Å²) in [7, 11) is 3.41. The lowest BCUT2D eigenvalue weighted by molar-refractivity contribution is 0.0690. The van der Waals surface area contributed by atoms with E-state index in [2.05, 4.69) is 5.32 Å². The number of halogens is 2. The van der Waals surface area contributed by atoms with E-state index in [0.717, 1.165) is 5.56 Å². The van der Waals surface area contributed by atoms with Gasteiger partial charge in [-0.2, -0.15) is 0 Å². The van der Waals surface area contributed by atoms with Crippen LogP contribution in [0.3, 0.4) is 0 Å². The van der Waals surface area contributed by atoms with Crippen LogP contribution in [0.25, 0.3) is 0 Å². The molecule has 0 aliphatic heterocycles. The third-order valence-electron chi connectivity index (χ3n) is 3.29. The first kappa shape index (κ1) is 15.0. The highest BCUT2D eigenvalue weighted by Gasteiger charge is 2.25. The summed E-state index contributed by atoms with van der Waals surface area (Å²) in [6, 6.07) is 14.1. The molecule has 0 spiro atoms. The maximum absolute atomic E-state index is 14.1. The van der Waals surface area contributed by atoms with Crippen LogP contribution in [0.2, 0.25) is 5.02 Å². The number of hydrogen-bond acceptors (Lipinski definition) is 2. The summed E-state index contributed by atoms with van der Waals surface area (Å²) in [6.45, 7) is 0. The van der Waals surface area contributed by atoms with Gasteiger partial charge in [-0.25, -0.2) is 4.39 Å². The molecule has 2 nitrogen and oxygen atoms in total. The number of hydrogen-bond donors (Lipinski definition) is 1. The molecular weight excluding hydrogens is 277 g/mol. The molecular formula is C16H17ClFNO. The number of nitrogens with one attached hydrogen (secondary N) is 1. The zero-order chi connectivity index (χ0) is 14.5. The largest absolute Gasteiger partial charge is 0.375 e. The van der Waals surface area contributed by atoms with Gasteiger partial charge in [-0.05, 0) is 24.7 Å². The Labute approximate surface area is 123 Å². The summed E-state index contributed by atoms with van der Waals surface area (Å²) in [5.41, 5.74) is 1.52. The molecule has 0 aliphatic carbocycles. The zero-order valence-corrected chi connectivity index (χ0v) is 12.2. The Morgan fingerprint density at radius 3 is 2.40 bits per heavy atom. The van der Waals surface area contributed by atoms with Gasteiger partial charge in [0, 0.05) is 17.7 Å². The molecule has 2 aromatic rings. The molecule has 2 atom stereocenters. The van der Waals surface area contributed by atoms with Crippen molar-refractivity contribution in [3.8, 4) is 0 Å². The smallest absolute Gasteiger partial charge is 0.129 e. The van der Waals surface area contributed by atoms with Crippen LogP contribution in [-0.4, -0.2) is 14.2 Å². The van der Waals surface area contributed by atoms with E-state index in [4.69, 9.17) is 16.3 Å². The van der Waals surface area contributed by atoms with Crippen molar-refractivity contribution >= 4 is 11.6 Å². The molecule has 0 bridgehead atoms. The van der Waals surface area contributed by atoms with Gasteiger partial charge in [0.1, 0.15) is 11.9 Å². The van der Waals surface area contributed by atoms with Crippen LogP contribution in [0.5, 0.6) is 0 Å². The topological polar surface area (TPSA) is 21.3 Å². The van der Waals surface area contributed by atoms with Gasteiger partial charge in [-0.1, -0.05) is 48.0 Å². The van der Waals surface area contributed by atoms with E-state index >= 15 is 0 Å². The third kappa shape index (κ3) is 3.18. The van der Waals surface area contributed by atoms with E-state index in [-0.39, 0.29) is 18.0 Å². The number of benzene rings is 2. The molecule has 0 saturated carbocycles. The fraction of sp³-hybridized carbons (Fsp3) is 0.250. The lowest BCUT2D eigenvalue weighted by Gasteiger charge is -2.27. The maximum Gasteiger partial charge on any atom is 0.129 e. The van der Waals surface area contributed by atoms with E-state index < -0.39 is 0 Å². The molecule has 2 unspecified atom stereocenters. The van der Waals surface area contributed by atoms with Crippen LogP contribution in [-0.2, 0) is 4.74 Å². The van der Waals surface area contributed by atoms with Gasteiger partial charge in [0.2, 0.25) is 0 Å². The summed E-state index contributed by atoms with van der Waals surface area (Å²) in [5.74, 6) is -0.338. The Hall–Kier alpha value is -1.42. The SMILES string of the molecule is CNC(c1ccc(Cl)cc1F)C(OC)c1ccccc1. The molecule has 106 valence electrons. The van der Waals surface area contributed by atoms with Crippen molar-refractivity contribution in [3.63, 3.8) is 0 Å². The lowest BCUT2D eigenvalue weighted by Crippen LogP contribution is -2.26. The predicted octanol–water partition coefficient (Wildman–Crippen LogP) is 4.13. The second kappa shape index (κ2) is 6.84. The highest BCUT2D eigenvalue weighted by Crippen LogP contribution is 2.33. The van der Waals surface area contributed by atoms with Gasteiger partial charge in [0.15, 0.2) is 0 Å². The van der Waals surface area contributed by atoms with Crippen LogP contribution < -0.4 is 5.32 Å². The van der Waals surface area contributed by atoms with Gasteiger partial charge < -0.3 is 10.1 Å². The molecule has 0 amide bonds. The molecule has 0 radical (unpaired) electrons. The highest BCUT2D eigenvalue weighted by atomic mass is 35.5. The Balaban J connectivity index is 2.39. The minimum absolute atomic E-state index is 0.281. The summed E-state index contributed by atoms with van der Waals surface area (Å²) in [6.07, 6.45) is -0.281. The van der Waals surface area contributed by atoms with E-state index in [1.807, 2.05) is 30.3 Å². The molecule has 2 aromatic carbocycles. The van der Waals surface area contributed by atoms with Gasteiger partial charge in [0.05, 0.1) is 6.04 Å². The number of ether oxygens (including phenoxy) is 1. The van der Waals surface area contributed by atoms with Crippen LogP contribution >= 0.6 is 11.6 Å². The lowest BCUT2D eigenvalue weighted by atomic mass is 9.95. The second-order valence-electron chi connectivity index (χ2n) is 4.50. The van der Waals surface area contributed by atoms with E-state index in [0.29, 0.717) is 10.6 Å². The quantitative estimate of drug-likeness (QED) is 0.895. The van der Waals surface area contributed by atoms with Crippen molar-refractivity contribution in [1.29, 1.82) is 0 Å². The van der Waals surface area contributed by atoms with Gasteiger partial charge in [-0.3, -0.25) is 0 Å². The Morgan fingerprint density at radius 2 is 1.85 bits per heavy atom. The van der Waals surface area contributed by atoms with Crippen molar-refractivity contribution in [1.82, 2.24) is 5.32 Å². The summed E-state index contributed by atoms with van der Waals surface area (Å²) in [5, 5.41) is 3.50. The Kier molecular flexibility index (Phi) is 5.12. The number of rotatable bonds is 5. The van der Waals surface area contributed by atoms with E-state index in [1.54, 1.807) is 26.3 Å². The number of methoxy groups -OCH3 is 1. The van der Waals surface area contributed by atoms with Crippen LogP contribution in [0, 0.1) is 5.82 Å². The van der Waals surface area contributed by atoms with Crippen LogP contribution in [0.4, 0.5) is 4.39 Å². The Morgan fingerprint density at radius 1 is 1.15 bits per heavy atom. The van der Waals surface area contributed by atoms with Crippen molar-refractivity contribution in [2.75, 3.05) is 14.2 Å². The summed E-state index contributed by atoms with van der Waals surface area (Å²) >= 11 is 5.80. The molecule has 0 fully saturated rings. The van der Waals surface area contributed by atoms with Crippen LogP contribution in [0.1, 0.15) is 23.3 Å². The van der Waals surface area contributed by atoms with Crippen molar-refractivity contribution in [2.45, 2.75) is 12.1 Å². The van der Waals surface area contributed by atoms with E-state index in [1.165, 1.54) is 6.07 Å². The highest BCUT2D eigenvalue weighted by molar-refractivity contribution is 6.30. The molecule has 4 heteroatoms. The van der Waals surface area contributed by atoms with Gasteiger partial charge in [0.25, 0.3) is 0 Å². The second-order valence-corrected chi connectivity index (χ2v) is 4.94. The fourth-order valence-corrected chi connectivity index (χ4v) is 2.49. The molecule has 2 rings (SSSR count). The molecule has 1 N–H and O–H groups in total. The van der Waals surface area contributed by atoms with Gasteiger partial charge >= 0.3 is 0 Å². The first-order valence-corrected chi connectivity index (χ1v) is 6.75. The monoisotopic (exact) mass is 293 g/mol. The average Bonchev–Trinajstić information content (AvgIpc) is 2.46. The summed E-state index contributed by atoms with van der Waals surface area (Å²) < 4.78 is 19.7. The molecule has 0 aliphatic rings. The normalized spacial score (nSPS) is 14.0. The first-order chi connectivity index (χ1) is 9.67. The van der Waals surface area contributed by atoms with E-state index in [9.17, 15) is 4.39 Å².